The van der Waals surface area contributed by atoms with E-state index in [0.29, 0.717) is 18.8 Å². The molecule has 0 bridgehead atoms. The summed E-state index contributed by atoms with van der Waals surface area (Å²) in [7, 11) is 1.84. The lowest BCUT2D eigenvalue weighted by molar-refractivity contribution is 0.0657. The van der Waals surface area contributed by atoms with Gasteiger partial charge in [0.15, 0.2) is 11.7 Å². The molecule has 0 spiro atoms. The Morgan fingerprint density at radius 2 is 1.88 bits per heavy atom. The van der Waals surface area contributed by atoms with E-state index in [0.717, 1.165) is 37.4 Å². The van der Waals surface area contributed by atoms with Gasteiger partial charge in [0.05, 0.1) is 6.26 Å². The van der Waals surface area contributed by atoms with Crippen LogP contribution in [0.4, 0.5) is 0 Å². The molecule has 3 rings (SSSR count). The van der Waals surface area contributed by atoms with Crippen molar-refractivity contribution in [1.29, 1.82) is 0 Å². The first kappa shape index (κ1) is 17.8. The van der Waals surface area contributed by atoms with E-state index in [2.05, 4.69) is 22.1 Å². The summed E-state index contributed by atoms with van der Waals surface area (Å²) < 4.78 is 5.22. The summed E-state index contributed by atoms with van der Waals surface area (Å²) in [5, 5.41) is 3.55. The van der Waals surface area contributed by atoms with Crippen LogP contribution in [0, 0.1) is 11.8 Å². The molecule has 0 aromatic carbocycles. The fourth-order valence-corrected chi connectivity index (χ4v) is 3.78. The zero-order chi connectivity index (χ0) is 17.6. The van der Waals surface area contributed by atoms with E-state index < -0.39 is 0 Å². The van der Waals surface area contributed by atoms with Gasteiger partial charge in [0.2, 0.25) is 0 Å². The van der Waals surface area contributed by atoms with Gasteiger partial charge in [-0.3, -0.25) is 9.79 Å². The molecule has 2 fully saturated rings. The molecule has 1 aliphatic carbocycles. The smallest absolute Gasteiger partial charge is 0.289 e. The van der Waals surface area contributed by atoms with Crippen LogP contribution >= 0.6 is 0 Å². The molecule has 25 heavy (non-hydrogen) atoms. The number of rotatable bonds is 3. The van der Waals surface area contributed by atoms with Crippen molar-refractivity contribution in [3.63, 3.8) is 0 Å². The van der Waals surface area contributed by atoms with Gasteiger partial charge in [0.1, 0.15) is 0 Å². The second kappa shape index (κ2) is 8.41. The third kappa shape index (κ3) is 4.55. The van der Waals surface area contributed by atoms with E-state index in [-0.39, 0.29) is 5.91 Å². The van der Waals surface area contributed by atoms with Crippen LogP contribution in [0.5, 0.6) is 0 Å². The first-order chi connectivity index (χ1) is 12.2. The predicted octanol–water partition coefficient (Wildman–Crippen LogP) is 2.44. The van der Waals surface area contributed by atoms with Gasteiger partial charge < -0.3 is 19.5 Å². The van der Waals surface area contributed by atoms with Crippen LogP contribution in [0.25, 0.3) is 0 Å². The van der Waals surface area contributed by atoms with E-state index in [4.69, 9.17) is 4.42 Å². The molecule has 1 amide bonds. The molecule has 0 unspecified atom stereocenters. The molecular formula is C19H30N4O2. The van der Waals surface area contributed by atoms with Crippen LogP contribution in [-0.2, 0) is 0 Å². The molecule has 0 atom stereocenters. The van der Waals surface area contributed by atoms with Gasteiger partial charge in [-0.1, -0.05) is 19.8 Å². The number of amides is 1. The molecule has 1 N–H and O–H groups in total. The van der Waals surface area contributed by atoms with Gasteiger partial charge in [-0.05, 0) is 36.8 Å². The largest absolute Gasteiger partial charge is 0.459 e. The minimum atomic E-state index is -0.0241. The number of carbonyl (C=O) groups excluding carboxylic acids is 1. The van der Waals surface area contributed by atoms with Crippen LogP contribution in [0.2, 0.25) is 0 Å². The maximum atomic E-state index is 12.3. The molecule has 1 saturated heterocycles. The van der Waals surface area contributed by atoms with Crippen molar-refractivity contribution < 1.29 is 9.21 Å². The molecule has 1 aliphatic heterocycles. The summed E-state index contributed by atoms with van der Waals surface area (Å²) in [6, 6.07) is 3.47. The van der Waals surface area contributed by atoms with Crippen molar-refractivity contribution in [2.75, 3.05) is 39.8 Å². The molecule has 6 heteroatoms. The Kier molecular flexibility index (Phi) is 6.00. The summed E-state index contributed by atoms with van der Waals surface area (Å²) in [6.45, 7) is 6.35. The molecule has 1 aromatic heterocycles. The number of hydrogen-bond donors (Lipinski definition) is 1. The maximum absolute atomic E-state index is 12.3. The van der Waals surface area contributed by atoms with Crippen LogP contribution in [0.3, 0.4) is 0 Å². The summed E-state index contributed by atoms with van der Waals surface area (Å²) >= 11 is 0. The average molecular weight is 346 g/mol. The van der Waals surface area contributed by atoms with Crippen molar-refractivity contribution in [3.05, 3.63) is 24.2 Å². The number of nitrogens with zero attached hydrogens (tertiary/aromatic N) is 3. The van der Waals surface area contributed by atoms with E-state index in [1.165, 1.54) is 25.7 Å². The zero-order valence-electron chi connectivity index (χ0n) is 15.4. The second-order valence-electron chi connectivity index (χ2n) is 7.31. The van der Waals surface area contributed by atoms with Gasteiger partial charge in [-0.2, -0.15) is 0 Å². The van der Waals surface area contributed by atoms with Gasteiger partial charge in [-0.15, -0.1) is 0 Å². The maximum Gasteiger partial charge on any atom is 0.289 e. The highest BCUT2D eigenvalue weighted by Crippen LogP contribution is 2.27. The minimum Gasteiger partial charge on any atom is -0.459 e. The second-order valence-corrected chi connectivity index (χ2v) is 7.31. The Morgan fingerprint density at radius 1 is 1.20 bits per heavy atom. The Balaban J connectivity index is 1.45. The number of furan rings is 1. The van der Waals surface area contributed by atoms with E-state index in [9.17, 15) is 4.79 Å². The van der Waals surface area contributed by atoms with Crippen molar-refractivity contribution in [2.45, 2.75) is 32.6 Å². The molecule has 138 valence electrons. The summed E-state index contributed by atoms with van der Waals surface area (Å²) in [5.41, 5.74) is 0. The van der Waals surface area contributed by atoms with Gasteiger partial charge in [0, 0.05) is 39.8 Å². The molecule has 2 heterocycles. The summed E-state index contributed by atoms with van der Waals surface area (Å²) in [4.78, 5) is 20.9. The van der Waals surface area contributed by atoms with Crippen LogP contribution < -0.4 is 5.32 Å². The van der Waals surface area contributed by atoms with Gasteiger partial charge in [-0.25, -0.2) is 0 Å². The quantitative estimate of drug-likeness (QED) is 0.674. The molecular weight excluding hydrogens is 316 g/mol. The number of carbonyl (C=O) groups is 1. The van der Waals surface area contributed by atoms with Crippen molar-refractivity contribution in [2.24, 2.45) is 16.8 Å². The van der Waals surface area contributed by atoms with E-state index in [1.807, 2.05) is 11.9 Å². The molecule has 1 saturated carbocycles. The summed E-state index contributed by atoms with van der Waals surface area (Å²) in [6.07, 6.45) is 6.87. The number of piperazine rings is 1. The van der Waals surface area contributed by atoms with Crippen molar-refractivity contribution in [3.8, 4) is 0 Å². The van der Waals surface area contributed by atoms with Gasteiger partial charge in [0.25, 0.3) is 5.91 Å². The SMILES string of the molecule is CN=C(NCC1CCC(C)CC1)N1CCN(C(=O)c2ccco2)CC1. The highest BCUT2D eigenvalue weighted by Gasteiger charge is 2.25. The highest BCUT2D eigenvalue weighted by atomic mass is 16.3. The fourth-order valence-electron chi connectivity index (χ4n) is 3.78. The van der Waals surface area contributed by atoms with Crippen LogP contribution in [0.1, 0.15) is 43.2 Å². The first-order valence-corrected chi connectivity index (χ1v) is 9.45. The monoisotopic (exact) mass is 346 g/mol. The first-order valence-electron chi connectivity index (χ1n) is 9.45. The minimum absolute atomic E-state index is 0.0241. The van der Waals surface area contributed by atoms with Crippen LogP contribution in [-0.4, -0.2) is 61.4 Å². The normalized spacial score (nSPS) is 25.1. The fraction of sp³-hybridized carbons (Fsp3) is 0.684. The van der Waals surface area contributed by atoms with Crippen molar-refractivity contribution in [1.82, 2.24) is 15.1 Å². The lowest BCUT2D eigenvalue weighted by Crippen LogP contribution is -2.54. The zero-order valence-corrected chi connectivity index (χ0v) is 15.4. The molecule has 6 nitrogen and oxygen atoms in total. The number of nitrogens with one attached hydrogen (secondary N) is 1. The molecule has 1 aromatic rings. The predicted molar refractivity (Wildman–Crippen MR) is 98.7 cm³/mol. The van der Waals surface area contributed by atoms with Crippen LogP contribution in [0.15, 0.2) is 27.8 Å². The number of aliphatic imine (C=N–C) groups is 1. The van der Waals surface area contributed by atoms with E-state index in [1.54, 1.807) is 18.4 Å². The highest BCUT2D eigenvalue weighted by molar-refractivity contribution is 5.91. The number of guanidine groups is 1. The van der Waals surface area contributed by atoms with E-state index >= 15 is 0 Å². The lowest BCUT2D eigenvalue weighted by atomic mass is 9.83. The standard InChI is InChI=1S/C19H30N4O2/c1-15-5-7-16(8-6-15)14-21-19(20-2)23-11-9-22(10-12-23)18(24)17-4-3-13-25-17/h3-4,13,15-16H,5-12,14H2,1-2H3,(H,20,21). The Morgan fingerprint density at radius 3 is 2.48 bits per heavy atom. The summed E-state index contributed by atoms with van der Waals surface area (Å²) in [5.74, 6) is 3.00. The van der Waals surface area contributed by atoms with Gasteiger partial charge >= 0.3 is 0 Å². The number of hydrogen-bond acceptors (Lipinski definition) is 3. The molecule has 2 aliphatic rings. The Bertz CT molecular complexity index is 568. The lowest BCUT2D eigenvalue weighted by Gasteiger charge is -2.36. The third-order valence-corrected chi connectivity index (χ3v) is 5.49. The Labute approximate surface area is 150 Å². The topological polar surface area (TPSA) is 61.1 Å². The molecule has 0 radical (unpaired) electrons. The van der Waals surface area contributed by atoms with Crippen molar-refractivity contribution >= 4 is 11.9 Å². The average Bonchev–Trinajstić information content (AvgIpc) is 3.18. The Hall–Kier alpha value is -1.98. The third-order valence-electron chi connectivity index (χ3n) is 5.49.